The van der Waals surface area contributed by atoms with E-state index < -0.39 is 0 Å². The Morgan fingerprint density at radius 2 is 1.75 bits per heavy atom. The Balaban J connectivity index is 2.96. The number of anilines is 1. The SMILES string of the molecule is CC(C)(O[Si])c1ccc(N)cc1. The molecule has 1 aromatic rings. The van der Waals surface area contributed by atoms with Gasteiger partial charge >= 0.3 is 0 Å². The summed E-state index contributed by atoms with van der Waals surface area (Å²) in [4.78, 5) is 0. The lowest BCUT2D eigenvalue weighted by molar-refractivity contribution is 0.123. The van der Waals surface area contributed by atoms with Gasteiger partial charge in [0.2, 0.25) is 10.5 Å². The zero-order valence-electron chi connectivity index (χ0n) is 7.29. The number of rotatable bonds is 2. The molecule has 0 saturated heterocycles. The minimum Gasteiger partial charge on any atom is -0.410 e. The maximum Gasteiger partial charge on any atom is 0.247 e. The van der Waals surface area contributed by atoms with Crippen molar-refractivity contribution in [3.8, 4) is 0 Å². The predicted octanol–water partition coefficient (Wildman–Crippen LogP) is 1.60. The van der Waals surface area contributed by atoms with E-state index in [1.54, 1.807) is 0 Å². The van der Waals surface area contributed by atoms with E-state index in [2.05, 4.69) is 10.5 Å². The molecule has 3 heteroatoms. The summed E-state index contributed by atoms with van der Waals surface area (Å²) >= 11 is 0. The van der Waals surface area contributed by atoms with Gasteiger partial charge in [-0.15, -0.1) is 0 Å². The predicted molar refractivity (Wildman–Crippen MR) is 50.7 cm³/mol. The van der Waals surface area contributed by atoms with Crippen molar-refractivity contribution in [2.75, 3.05) is 5.73 Å². The van der Waals surface area contributed by atoms with Crippen LogP contribution in [0.5, 0.6) is 0 Å². The van der Waals surface area contributed by atoms with Crippen LogP contribution in [-0.2, 0) is 10.0 Å². The number of nitrogen functional groups attached to an aromatic ring is 1. The van der Waals surface area contributed by atoms with Crippen molar-refractivity contribution in [3.05, 3.63) is 29.8 Å². The maximum atomic E-state index is 5.56. The Bertz CT molecular complexity index is 256. The molecule has 2 nitrogen and oxygen atoms in total. The fraction of sp³-hybridized carbons (Fsp3) is 0.333. The Morgan fingerprint density at radius 1 is 1.25 bits per heavy atom. The van der Waals surface area contributed by atoms with Crippen molar-refractivity contribution < 1.29 is 4.43 Å². The number of nitrogens with two attached hydrogens (primary N) is 1. The molecule has 0 atom stereocenters. The molecule has 3 radical (unpaired) electrons. The van der Waals surface area contributed by atoms with Crippen LogP contribution in [0.4, 0.5) is 5.69 Å². The van der Waals surface area contributed by atoms with Crippen molar-refractivity contribution in [1.29, 1.82) is 0 Å². The van der Waals surface area contributed by atoms with E-state index in [0.29, 0.717) is 0 Å². The van der Waals surface area contributed by atoms with Crippen molar-refractivity contribution >= 4 is 16.2 Å². The van der Waals surface area contributed by atoms with Gasteiger partial charge in [-0.3, -0.25) is 0 Å². The third kappa shape index (κ3) is 1.87. The molecule has 0 spiro atoms. The van der Waals surface area contributed by atoms with Gasteiger partial charge in [-0.1, -0.05) is 12.1 Å². The Hall–Kier alpha value is -0.803. The molecular formula is C9H12NOSi. The number of hydrogen-bond donors (Lipinski definition) is 1. The summed E-state index contributed by atoms with van der Waals surface area (Å²) < 4.78 is 5.13. The van der Waals surface area contributed by atoms with E-state index in [9.17, 15) is 0 Å². The highest BCUT2D eigenvalue weighted by molar-refractivity contribution is 5.98. The third-order valence-electron chi connectivity index (χ3n) is 1.86. The monoisotopic (exact) mass is 178 g/mol. The molecule has 63 valence electrons. The highest BCUT2D eigenvalue weighted by atomic mass is 28.2. The van der Waals surface area contributed by atoms with E-state index in [-0.39, 0.29) is 5.60 Å². The lowest BCUT2D eigenvalue weighted by Crippen LogP contribution is -2.19. The van der Waals surface area contributed by atoms with Crippen molar-refractivity contribution in [2.24, 2.45) is 0 Å². The lowest BCUT2D eigenvalue weighted by atomic mass is 9.98. The summed E-state index contributed by atoms with van der Waals surface area (Å²) in [5.41, 5.74) is 7.10. The van der Waals surface area contributed by atoms with Crippen LogP contribution in [0.15, 0.2) is 24.3 Å². The minimum absolute atomic E-state index is 0.315. The molecule has 0 unspecified atom stereocenters. The second-order valence-corrected chi connectivity index (χ2v) is 3.44. The lowest BCUT2D eigenvalue weighted by Gasteiger charge is -2.23. The molecule has 0 aromatic heterocycles. The van der Waals surface area contributed by atoms with Crippen molar-refractivity contribution in [2.45, 2.75) is 19.4 Å². The molecule has 0 amide bonds. The van der Waals surface area contributed by atoms with Gasteiger partial charge in [-0.25, -0.2) is 0 Å². The first-order chi connectivity index (χ1) is 5.56. The maximum absolute atomic E-state index is 5.56. The topological polar surface area (TPSA) is 35.2 Å². The summed E-state index contributed by atoms with van der Waals surface area (Å²) in [5.74, 6) is 0. The van der Waals surface area contributed by atoms with Gasteiger partial charge < -0.3 is 10.2 Å². The molecule has 1 rings (SSSR count). The first-order valence-electron chi connectivity index (χ1n) is 3.77. The van der Waals surface area contributed by atoms with E-state index in [1.807, 2.05) is 38.1 Å². The largest absolute Gasteiger partial charge is 0.410 e. The van der Waals surface area contributed by atoms with Gasteiger partial charge in [0, 0.05) is 5.69 Å². The van der Waals surface area contributed by atoms with Gasteiger partial charge in [-0.2, -0.15) is 0 Å². The van der Waals surface area contributed by atoms with E-state index in [1.165, 1.54) is 0 Å². The average molecular weight is 178 g/mol. The highest BCUT2D eigenvalue weighted by Gasteiger charge is 2.17. The fourth-order valence-corrected chi connectivity index (χ4v) is 1.06. The Kier molecular flexibility index (Phi) is 2.54. The summed E-state index contributed by atoms with van der Waals surface area (Å²) in [7, 11) is 3.04. The molecule has 0 fully saturated rings. The van der Waals surface area contributed by atoms with Crippen LogP contribution in [0.25, 0.3) is 0 Å². The van der Waals surface area contributed by atoms with Crippen LogP contribution in [0.2, 0.25) is 0 Å². The molecule has 0 aliphatic rings. The van der Waals surface area contributed by atoms with Gasteiger partial charge in [0.05, 0.1) is 5.60 Å². The van der Waals surface area contributed by atoms with Crippen LogP contribution in [0.1, 0.15) is 19.4 Å². The van der Waals surface area contributed by atoms with Gasteiger partial charge in [0.1, 0.15) is 0 Å². The van der Waals surface area contributed by atoms with Crippen LogP contribution >= 0.6 is 0 Å². The van der Waals surface area contributed by atoms with Crippen LogP contribution in [0, 0.1) is 0 Å². The number of benzene rings is 1. The molecule has 2 N–H and O–H groups in total. The van der Waals surface area contributed by atoms with Gasteiger partial charge in [-0.05, 0) is 31.5 Å². The second kappa shape index (κ2) is 3.29. The summed E-state index contributed by atoms with van der Waals surface area (Å²) in [6, 6.07) is 7.63. The highest BCUT2D eigenvalue weighted by Crippen LogP contribution is 2.23. The first kappa shape index (κ1) is 9.29. The van der Waals surface area contributed by atoms with Crippen molar-refractivity contribution in [3.63, 3.8) is 0 Å². The average Bonchev–Trinajstić information content (AvgIpc) is 2.05. The summed E-state index contributed by atoms with van der Waals surface area (Å²) in [5, 5.41) is 0. The molecule has 0 bridgehead atoms. The molecule has 0 saturated carbocycles. The summed E-state index contributed by atoms with van der Waals surface area (Å²) in [6.45, 7) is 3.96. The quantitative estimate of drug-likeness (QED) is 0.551. The molecule has 12 heavy (non-hydrogen) atoms. The third-order valence-corrected chi connectivity index (χ3v) is 2.37. The molecule has 1 aromatic carbocycles. The van der Waals surface area contributed by atoms with E-state index in [0.717, 1.165) is 11.3 Å². The molecular weight excluding hydrogens is 166 g/mol. The van der Waals surface area contributed by atoms with E-state index in [4.69, 9.17) is 10.2 Å². The van der Waals surface area contributed by atoms with Crippen LogP contribution in [-0.4, -0.2) is 10.5 Å². The molecule has 0 aliphatic carbocycles. The normalized spacial score (nSPS) is 11.6. The standard InChI is InChI=1S/C9H12NOSi/c1-9(2,11-12)7-3-5-8(10)6-4-7/h3-6H,10H2,1-2H3. The smallest absolute Gasteiger partial charge is 0.247 e. The van der Waals surface area contributed by atoms with Crippen LogP contribution in [0.3, 0.4) is 0 Å². The van der Waals surface area contributed by atoms with Gasteiger partial charge in [0.25, 0.3) is 0 Å². The van der Waals surface area contributed by atoms with Crippen molar-refractivity contribution in [1.82, 2.24) is 0 Å². The Morgan fingerprint density at radius 3 is 2.17 bits per heavy atom. The molecule has 0 heterocycles. The zero-order chi connectivity index (χ0) is 9.19. The fourth-order valence-electron chi connectivity index (χ4n) is 0.943. The number of hydrogen-bond acceptors (Lipinski definition) is 2. The van der Waals surface area contributed by atoms with Gasteiger partial charge in [0.15, 0.2) is 0 Å². The Labute approximate surface area is 76.3 Å². The first-order valence-corrected chi connectivity index (χ1v) is 4.18. The van der Waals surface area contributed by atoms with Crippen LogP contribution < -0.4 is 5.73 Å². The second-order valence-electron chi connectivity index (χ2n) is 3.23. The zero-order valence-corrected chi connectivity index (χ0v) is 8.29. The molecule has 0 aliphatic heterocycles. The summed E-state index contributed by atoms with van der Waals surface area (Å²) in [6.07, 6.45) is 0. The van der Waals surface area contributed by atoms with E-state index >= 15 is 0 Å². The minimum atomic E-state index is -0.315.